The van der Waals surface area contributed by atoms with Gasteiger partial charge in [-0.1, -0.05) is 37.6 Å². The second kappa shape index (κ2) is 13.9. The molecule has 0 spiro atoms. The minimum absolute atomic E-state index is 0.0222. The van der Waals surface area contributed by atoms with E-state index in [4.69, 9.17) is 4.74 Å². The molecule has 0 aliphatic heterocycles. The Hall–Kier alpha value is -4.20. The summed E-state index contributed by atoms with van der Waals surface area (Å²) >= 11 is 0. The molecule has 0 aliphatic carbocycles. The average Bonchev–Trinajstić information content (AvgIpc) is 2.92. The molecule has 1 N–H and O–H groups in total. The van der Waals surface area contributed by atoms with Gasteiger partial charge in [-0.05, 0) is 72.5 Å². The van der Waals surface area contributed by atoms with E-state index < -0.39 is 0 Å². The minimum atomic E-state index is -0.328. The number of hydrogen-bond acceptors (Lipinski definition) is 4. The van der Waals surface area contributed by atoms with Crippen LogP contribution in [-0.2, 0) is 17.9 Å². The van der Waals surface area contributed by atoms with Crippen molar-refractivity contribution in [3.05, 3.63) is 94.8 Å². The van der Waals surface area contributed by atoms with Crippen LogP contribution in [0.3, 0.4) is 0 Å². The molecule has 8 heteroatoms. The molecule has 0 atom stereocenters. The van der Waals surface area contributed by atoms with Crippen LogP contribution >= 0.6 is 0 Å². The molecule has 3 rings (SSSR count). The third-order valence-corrected chi connectivity index (χ3v) is 6.08. The van der Waals surface area contributed by atoms with Crippen LogP contribution in [0.15, 0.2) is 66.7 Å². The van der Waals surface area contributed by atoms with Crippen molar-refractivity contribution in [1.29, 1.82) is 0 Å². The predicted octanol–water partition coefficient (Wildman–Crippen LogP) is 5.71. The Morgan fingerprint density at radius 1 is 0.974 bits per heavy atom. The topological polar surface area (TPSA) is 79.0 Å². The smallest absolute Gasteiger partial charge is 0.320 e. The number of unbranched alkanes of at least 4 members (excludes halogenated alkanes) is 1. The van der Waals surface area contributed by atoms with Crippen LogP contribution in [0.2, 0.25) is 0 Å². The van der Waals surface area contributed by atoms with Crippen LogP contribution in [0, 0.1) is 12.7 Å². The molecule has 3 amide bonds. The number of halogens is 1. The number of carbonyl (C=O) groups is 3. The lowest BCUT2D eigenvalue weighted by Gasteiger charge is -2.27. The van der Waals surface area contributed by atoms with Gasteiger partial charge in [0, 0.05) is 32.2 Å². The number of ether oxygens (including phenoxy) is 1. The number of benzene rings is 3. The summed E-state index contributed by atoms with van der Waals surface area (Å²) in [6.07, 6.45) is 2.56. The number of urea groups is 1. The first-order valence-electron chi connectivity index (χ1n) is 12.6. The second-order valence-corrected chi connectivity index (χ2v) is 9.14. The maximum atomic E-state index is 13.1. The minimum Gasteiger partial charge on any atom is -0.457 e. The number of aryl methyl sites for hydroxylation is 1. The molecule has 0 heterocycles. The van der Waals surface area contributed by atoms with Crippen LogP contribution in [0.5, 0.6) is 11.5 Å². The Kier molecular flexibility index (Phi) is 10.4. The van der Waals surface area contributed by atoms with E-state index in [0.29, 0.717) is 36.4 Å². The molecule has 0 saturated carbocycles. The largest absolute Gasteiger partial charge is 0.457 e. The van der Waals surface area contributed by atoms with E-state index in [1.807, 2.05) is 31.2 Å². The number of nitrogens with one attached hydrogen (secondary N) is 1. The average molecular weight is 520 g/mol. The first-order chi connectivity index (χ1) is 18.3. The maximum absolute atomic E-state index is 13.1. The zero-order chi connectivity index (χ0) is 27.5. The summed E-state index contributed by atoms with van der Waals surface area (Å²) in [5.74, 6) is 0.573. The van der Waals surface area contributed by atoms with Gasteiger partial charge in [0.25, 0.3) is 5.91 Å². The maximum Gasteiger partial charge on any atom is 0.320 e. The fraction of sp³-hybridized carbons (Fsp3) is 0.300. The van der Waals surface area contributed by atoms with Gasteiger partial charge >= 0.3 is 6.03 Å². The summed E-state index contributed by atoms with van der Waals surface area (Å²) in [7, 11) is 1.73. The fourth-order valence-corrected chi connectivity index (χ4v) is 3.86. The molecule has 0 aliphatic rings. The van der Waals surface area contributed by atoms with Crippen molar-refractivity contribution in [1.82, 2.24) is 15.1 Å². The standard InChI is InChI=1S/C30H34FN3O4/c1-4-5-16-33(3)30(37)34(17-18-35)21-24-7-6-22(2)28(19-24)29(36)32-20-23-8-12-26(13-9-23)38-27-14-10-25(31)11-15-27/h6-15,18-19H,4-5,16-17,20-21H2,1-3H3,(H,32,36). The van der Waals surface area contributed by atoms with Gasteiger partial charge in [-0.3, -0.25) is 4.79 Å². The van der Waals surface area contributed by atoms with E-state index in [0.717, 1.165) is 29.5 Å². The van der Waals surface area contributed by atoms with Crippen molar-refractivity contribution in [2.45, 2.75) is 39.8 Å². The van der Waals surface area contributed by atoms with E-state index in [2.05, 4.69) is 12.2 Å². The van der Waals surface area contributed by atoms with Crippen molar-refractivity contribution >= 4 is 18.2 Å². The second-order valence-electron chi connectivity index (χ2n) is 9.14. The molecule has 0 bridgehead atoms. The number of hydrogen-bond donors (Lipinski definition) is 1. The highest BCUT2D eigenvalue weighted by molar-refractivity contribution is 5.95. The summed E-state index contributed by atoms with van der Waals surface area (Å²) in [6.45, 7) is 5.05. The van der Waals surface area contributed by atoms with Gasteiger partial charge < -0.3 is 24.6 Å². The Morgan fingerprint density at radius 3 is 2.24 bits per heavy atom. The van der Waals surface area contributed by atoms with Gasteiger partial charge in [0.1, 0.15) is 23.6 Å². The zero-order valence-corrected chi connectivity index (χ0v) is 22.1. The Balaban J connectivity index is 1.61. The zero-order valence-electron chi connectivity index (χ0n) is 22.1. The number of rotatable bonds is 12. The quantitative estimate of drug-likeness (QED) is 0.311. The Labute approximate surface area is 223 Å². The van der Waals surface area contributed by atoms with Crippen LogP contribution in [0.4, 0.5) is 9.18 Å². The number of nitrogens with zero attached hydrogens (tertiary/aromatic N) is 2. The highest BCUT2D eigenvalue weighted by Crippen LogP contribution is 2.22. The molecule has 0 saturated heterocycles. The highest BCUT2D eigenvalue weighted by Gasteiger charge is 2.19. The van der Waals surface area contributed by atoms with E-state index in [9.17, 15) is 18.8 Å². The molecule has 0 unspecified atom stereocenters. The molecule has 7 nitrogen and oxygen atoms in total. The molecule has 38 heavy (non-hydrogen) atoms. The molecular formula is C30H34FN3O4. The third kappa shape index (κ3) is 8.16. The van der Waals surface area contributed by atoms with E-state index in [-0.39, 0.29) is 30.8 Å². The van der Waals surface area contributed by atoms with Gasteiger partial charge in [0.05, 0.1) is 6.54 Å². The van der Waals surface area contributed by atoms with Crippen molar-refractivity contribution in [3.8, 4) is 11.5 Å². The van der Waals surface area contributed by atoms with Gasteiger partial charge in [0.15, 0.2) is 0 Å². The Morgan fingerprint density at radius 2 is 1.61 bits per heavy atom. The first kappa shape index (κ1) is 28.4. The predicted molar refractivity (Wildman–Crippen MR) is 145 cm³/mol. The molecular weight excluding hydrogens is 485 g/mol. The highest BCUT2D eigenvalue weighted by atomic mass is 19.1. The molecule has 3 aromatic rings. The Bertz CT molecular complexity index is 1230. The number of aldehydes is 1. The summed E-state index contributed by atoms with van der Waals surface area (Å²) < 4.78 is 18.8. The lowest BCUT2D eigenvalue weighted by Crippen LogP contribution is -2.42. The SMILES string of the molecule is CCCCN(C)C(=O)N(CC=O)Cc1ccc(C)c(C(=O)NCc2ccc(Oc3ccc(F)cc3)cc2)c1. The van der Waals surface area contributed by atoms with Crippen molar-refractivity contribution in [3.63, 3.8) is 0 Å². The normalized spacial score (nSPS) is 10.5. The molecule has 0 fully saturated rings. The summed E-state index contributed by atoms with van der Waals surface area (Å²) in [5.41, 5.74) is 2.97. The van der Waals surface area contributed by atoms with Crippen molar-refractivity contribution < 1.29 is 23.5 Å². The van der Waals surface area contributed by atoms with Gasteiger partial charge in [0.2, 0.25) is 0 Å². The fourth-order valence-electron chi connectivity index (χ4n) is 3.86. The van der Waals surface area contributed by atoms with Crippen LogP contribution < -0.4 is 10.1 Å². The molecule has 200 valence electrons. The summed E-state index contributed by atoms with van der Waals surface area (Å²) in [6, 6.07) is 18.3. The van der Waals surface area contributed by atoms with Crippen LogP contribution in [0.25, 0.3) is 0 Å². The molecule has 0 aromatic heterocycles. The van der Waals surface area contributed by atoms with Crippen molar-refractivity contribution in [2.24, 2.45) is 0 Å². The van der Waals surface area contributed by atoms with Crippen LogP contribution in [0.1, 0.15) is 46.8 Å². The third-order valence-electron chi connectivity index (χ3n) is 6.08. The number of carbonyl (C=O) groups excluding carboxylic acids is 3. The van der Waals surface area contributed by atoms with Gasteiger partial charge in [-0.2, -0.15) is 0 Å². The van der Waals surface area contributed by atoms with E-state index >= 15 is 0 Å². The lowest BCUT2D eigenvalue weighted by molar-refractivity contribution is -0.108. The molecule has 0 radical (unpaired) electrons. The van der Waals surface area contributed by atoms with Gasteiger partial charge in [-0.15, -0.1) is 0 Å². The number of amides is 3. The lowest BCUT2D eigenvalue weighted by atomic mass is 10.0. The summed E-state index contributed by atoms with van der Waals surface area (Å²) in [4.78, 5) is 40.1. The van der Waals surface area contributed by atoms with E-state index in [1.165, 1.54) is 17.0 Å². The molecule has 3 aromatic carbocycles. The monoisotopic (exact) mass is 519 g/mol. The van der Waals surface area contributed by atoms with Crippen LogP contribution in [-0.4, -0.2) is 48.2 Å². The van der Waals surface area contributed by atoms with Gasteiger partial charge in [-0.25, -0.2) is 9.18 Å². The summed E-state index contributed by atoms with van der Waals surface area (Å²) in [5, 5.41) is 2.93. The first-order valence-corrected chi connectivity index (χ1v) is 12.6. The van der Waals surface area contributed by atoms with E-state index in [1.54, 1.807) is 42.3 Å². The van der Waals surface area contributed by atoms with Crippen molar-refractivity contribution in [2.75, 3.05) is 20.1 Å².